The summed E-state index contributed by atoms with van der Waals surface area (Å²) in [5, 5.41) is 2.70. The topological polar surface area (TPSA) is 55.4 Å². The van der Waals surface area contributed by atoms with Gasteiger partial charge in [0.15, 0.2) is 6.10 Å². The highest BCUT2D eigenvalue weighted by molar-refractivity contribution is 9.10. The SMILES string of the molecule is Cc1ccc(NC(=O)[C@@H](C)OC(=O)c2cc(Br)ccc2F)c(C)c1. The van der Waals surface area contributed by atoms with Crippen LogP contribution in [0.15, 0.2) is 40.9 Å². The van der Waals surface area contributed by atoms with Gasteiger partial charge in [0.25, 0.3) is 5.91 Å². The Morgan fingerprint density at radius 3 is 2.54 bits per heavy atom. The summed E-state index contributed by atoms with van der Waals surface area (Å²) >= 11 is 3.16. The van der Waals surface area contributed by atoms with Crippen molar-refractivity contribution in [1.29, 1.82) is 0 Å². The van der Waals surface area contributed by atoms with Crippen LogP contribution in [0, 0.1) is 19.7 Å². The van der Waals surface area contributed by atoms with Crippen molar-refractivity contribution in [3.8, 4) is 0 Å². The van der Waals surface area contributed by atoms with Crippen LogP contribution in [-0.2, 0) is 9.53 Å². The number of benzene rings is 2. The molecule has 2 rings (SSSR count). The number of hydrogen-bond acceptors (Lipinski definition) is 3. The molecule has 0 aromatic heterocycles. The lowest BCUT2D eigenvalue weighted by Crippen LogP contribution is -2.30. The van der Waals surface area contributed by atoms with Crippen LogP contribution in [0.2, 0.25) is 0 Å². The third-order valence-electron chi connectivity index (χ3n) is 3.44. The number of hydrogen-bond donors (Lipinski definition) is 1. The lowest BCUT2D eigenvalue weighted by atomic mass is 10.1. The van der Waals surface area contributed by atoms with E-state index >= 15 is 0 Å². The van der Waals surface area contributed by atoms with Crippen molar-refractivity contribution in [2.75, 3.05) is 5.32 Å². The van der Waals surface area contributed by atoms with Crippen molar-refractivity contribution >= 4 is 33.5 Å². The molecule has 6 heteroatoms. The molecule has 0 saturated carbocycles. The van der Waals surface area contributed by atoms with E-state index in [-0.39, 0.29) is 5.56 Å². The zero-order chi connectivity index (χ0) is 17.9. The Kier molecular flexibility index (Phi) is 5.72. The number of nitrogens with one attached hydrogen (secondary N) is 1. The summed E-state index contributed by atoms with van der Waals surface area (Å²) in [7, 11) is 0. The first-order valence-electron chi connectivity index (χ1n) is 7.32. The van der Waals surface area contributed by atoms with Gasteiger partial charge in [-0.15, -0.1) is 0 Å². The first-order valence-corrected chi connectivity index (χ1v) is 8.11. The Hall–Kier alpha value is -2.21. The highest BCUT2D eigenvalue weighted by Crippen LogP contribution is 2.19. The highest BCUT2D eigenvalue weighted by Gasteiger charge is 2.21. The van der Waals surface area contributed by atoms with E-state index in [1.54, 1.807) is 6.07 Å². The summed E-state index contributed by atoms with van der Waals surface area (Å²) in [5.41, 5.74) is 2.40. The number of esters is 1. The fraction of sp³-hybridized carbons (Fsp3) is 0.222. The van der Waals surface area contributed by atoms with Gasteiger partial charge in [-0.05, 0) is 50.6 Å². The molecule has 0 spiro atoms. The van der Waals surface area contributed by atoms with Crippen molar-refractivity contribution in [1.82, 2.24) is 0 Å². The molecular weight excluding hydrogens is 377 g/mol. The van der Waals surface area contributed by atoms with Gasteiger partial charge >= 0.3 is 5.97 Å². The van der Waals surface area contributed by atoms with Crippen molar-refractivity contribution < 1.29 is 18.7 Å². The second kappa shape index (κ2) is 7.57. The van der Waals surface area contributed by atoms with Gasteiger partial charge in [0.1, 0.15) is 5.82 Å². The summed E-state index contributed by atoms with van der Waals surface area (Å²) < 4.78 is 19.3. The van der Waals surface area contributed by atoms with Gasteiger partial charge < -0.3 is 10.1 Å². The minimum atomic E-state index is -1.06. The van der Waals surface area contributed by atoms with Gasteiger partial charge in [0, 0.05) is 10.2 Å². The van der Waals surface area contributed by atoms with E-state index in [4.69, 9.17) is 4.74 Å². The molecule has 2 aromatic rings. The van der Waals surface area contributed by atoms with Crippen LogP contribution in [-0.4, -0.2) is 18.0 Å². The summed E-state index contributed by atoms with van der Waals surface area (Å²) in [4.78, 5) is 24.2. The Morgan fingerprint density at radius 1 is 1.17 bits per heavy atom. The van der Waals surface area contributed by atoms with Crippen molar-refractivity contribution in [2.45, 2.75) is 26.9 Å². The molecule has 1 amide bonds. The number of halogens is 2. The van der Waals surface area contributed by atoms with Gasteiger partial charge in [-0.25, -0.2) is 9.18 Å². The first kappa shape index (κ1) is 18.1. The Labute approximate surface area is 148 Å². The Bertz CT molecular complexity index is 792. The largest absolute Gasteiger partial charge is 0.449 e. The van der Waals surface area contributed by atoms with Crippen LogP contribution in [0.25, 0.3) is 0 Å². The average molecular weight is 394 g/mol. The number of ether oxygens (including phenoxy) is 1. The van der Waals surface area contributed by atoms with Crippen LogP contribution in [0.4, 0.5) is 10.1 Å². The molecule has 126 valence electrons. The van der Waals surface area contributed by atoms with E-state index in [9.17, 15) is 14.0 Å². The van der Waals surface area contributed by atoms with Crippen LogP contribution >= 0.6 is 15.9 Å². The summed E-state index contributed by atoms with van der Waals surface area (Å²) in [5.74, 6) is -2.08. The fourth-order valence-electron chi connectivity index (χ4n) is 2.12. The smallest absolute Gasteiger partial charge is 0.341 e. The van der Waals surface area contributed by atoms with Crippen molar-refractivity contribution in [2.24, 2.45) is 0 Å². The van der Waals surface area contributed by atoms with Gasteiger partial charge in [0.05, 0.1) is 5.56 Å². The molecule has 0 unspecified atom stereocenters. The third-order valence-corrected chi connectivity index (χ3v) is 3.93. The first-order chi connectivity index (χ1) is 11.3. The maximum Gasteiger partial charge on any atom is 0.341 e. The van der Waals surface area contributed by atoms with Crippen LogP contribution in [0.1, 0.15) is 28.4 Å². The molecule has 0 saturated heterocycles. The lowest BCUT2D eigenvalue weighted by Gasteiger charge is -2.15. The molecule has 0 bridgehead atoms. The van der Waals surface area contributed by atoms with Gasteiger partial charge in [-0.1, -0.05) is 33.6 Å². The molecule has 2 aromatic carbocycles. The number of anilines is 1. The van der Waals surface area contributed by atoms with E-state index in [0.29, 0.717) is 10.2 Å². The minimum Gasteiger partial charge on any atom is -0.449 e. The van der Waals surface area contributed by atoms with Crippen LogP contribution in [0.5, 0.6) is 0 Å². The van der Waals surface area contributed by atoms with E-state index < -0.39 is 23.8 Å². The predicted octanol–water partition coefficient (Wildman–Crippen LogP) is 4.39. The maximum absolute atomic E-state index is 13.7. The van der Waals surface area contributed by atoms with Gasteiger partial charge in [-0.2, -0.15) is 0 Å². The highest BCUT2D eigenvalue weighted by atomic mass is 79.9. The molecule has 0 radical (unpaired) electrons. The normalized spacial score (nSPS) is 11.7. The molecular formula is C18H17BrFNO3. The van der Waals surface area contributed by atoms with E-state index in [1.165, 1.54) is 19.1 Å². The zero-order valence-electron chi connectivity index (χ0n) is 13.5. The minimum absolute atomic E-state index is 0.226. The molecule has 1 atom stereocenters. The summed E-state index contributed by atoms with van der Waals surface area (Å²) in [6, 6.07) is 9.53. The van der Waals surface area contributed by atoms with Gasteiger partial charge in [-0.3, -0.25) is 4.79 Å². The number of aryl methyl sites for hydroxylation is 2. The zero-order valence-corrected chi connectivity index (χ0v) is 15.1. The Balaban J connectivity index is 2.05. The van der Waals surface area contributed by atoms with Crippen LogP contribution in [0.3, 0.4) is 0 Å². The molecule has 0 aliphatic rings. The van der Waals surface area contributed by atoms with Crippen molar-refractivity contribution in [3.63, 3.8) is 0 Å². The molecule has 0 fully saturated rings. The van der Waals surface area contributed by atoms with E-state index in [1.807, 2.05) is 26.0 Å². The fourth-order valence-corrected chi connectivity index (χ4v) is 2.48. The second-order valence-corrected chi connectivity index (χ2v) is 6.40. The molecule has 4 nitrogen and oxygen atoms in total. The second-order valence-electron chi connectivity index (χ2n) is 5.48. The number of amides is 1. The monoisotopic (exact) mass is 393 g/mol. The number of carbonyl (C=O) groups is 2. The third kappa shape index (κ3) is 4.41. The van der Waals surface area contributed by atoms with E-state index in [2.05, 4.69) is 21.2 Å². The number of rotatable bonds is 4. The lowest BCUT2D eigenvalue weighted by molar-refractivity contribution is -0.123. The number of carbonyl (C=O) groups excluding carboxylic acids is 2. The molecule has 0 heterocycles. The molecule has 0 aliphatic carbocycles. The predicted molar refractivity (Wildman–Crippen MR) is 93.5 cm³/mol. The standard InChI is InChI=1S/C18H17BrFNO3/c1-10-4-7-16(11(2)8-10)21-17(22)12(3)24-18(23)14-9-13(19)5-6-15(14)20/h4-9,12H,1-3H3,(H,21,22)/t12-/m1/s1. The summed E-state index contributed by atoms with van der Waals surface area (Å²) in [6.07, 6.45) is -1.06. The van der Waals surface area contributed by atoms with E-state index in [0.717, 1.165) is 17.2 Å². The quantitative estimate of drug-likeness (QED) is 0.783. The average Bonchev–Trinajstić information content (AvgIpc) is 2.52. The molecule has 1 N–H and O–H groups in total. The molecule has 24 heavy (non-hydrogen) atoms. The molecule has 0 aliphatic heterocycles. The summed E-state index contributed by atoms with van der Waals surface area (Å²) in [6.45, 7) is 5.26. The van der Waals surface area contributed by atoms with Gasteiger partial charge in [0.2, 0.25) is 0 Å². The maximum atomic E-state index is 13.7. The van der Waals surface area contributed by atoms with Crippen LogP contribution < -0.4 is 5.32 Å². The Morgan fingerprint density at radius 2 is 1.88 bits per heavy atom. The van der Waals surface area contributed by atoms with Crippen molar-refractivity contribution in [3.05, 3.63) is 63.4 Å².